The molecule has 1 amide bonds. The number of ether oxygens (including phenoxy) is 2. The largest absolute Gasteiger partial charge is 0.394 e. The van der Waals surface area contributed by atoms with Crippen LogP contribution in [0.1, 0.15) is 373 Å². The standard InChI is InChI=1S/C74H143NO10/c1-3-5-7-9-11-13-15-17-19-21-23-25-27-29-31-32-33-34-36-38-40-42-44-46-48-50-52-54-56-58-60-62-67(78)73(83)75-65(64-84-74-72(82)71(81)70(80)68(63-76)85-74)69(79)66(77)61-59-57-55-53-51-49-47-45-43-41-39-37-35-30-28-26-24-22-20-18-16-14-12-10-8-6-4-2/h45,47,53,55,65-72,74,76-82H,3-44,46,48-52,54,56-64H2,1-2H3,(H,75,83)/b47-45+,55-53+. The minimum Gasteiger partial charge on any atom is -0.394 e. The van der Waals surface area contributed by atoms with Crippen molar-refractivity contribution >= 4 is 5.91 Å². The molecule has 1 fully saturated rings. The first-order valence-electron chi connectivity index (χ1n) is 37.2. The van der Waals surface area contributed by atoms with Crippen LogP contribution in [-0.2, 0) is 14.3 Å². The minimum atomic E-state index is -1.67. The van der Waals surface area contributed by atoms with Crippen LogP contribution < -0.4 is 5.32 Å². The summed E-state index contributed by atoms with van der Waals surface area (Å²) in [6.07, 6.45) is 68.6. The van der Waals surface area contributed by atoms with Gasteiger partial charge in [-0.1, -0.05) is 346 Å². The Morgan fingerprint density at radius 1 is 0.400 bits per heavy atom. The third-order valence-electron chi connectivity index (χ3n) is 18.2. The monoisotopic (exact) mass is 1210 g/mol. The second kappa shape index (κ2) is 62.8. The molecule has 1 saturated heterocycles. The maximum Gasteiger partial charge on any atom is 0.249 e. The third-order valence-corrected chi connectivity index (χ3v) is 18.2. The van der Waals surface area contributed by atoms with Crippen molar-refractivity contribution in [3.8, 4) is 0 Å². The van der Waals surface area contributed by atoms with Crippen molar-refractivity contribution in [3.63, 3.8) is 0 Å². The van der Waals surface area contributed by atoms with Gasteiger partial charge < -0.3 is 50.5 Å². The molecule has 1 aliphatic heterocycles. The predicted octanol–water partition coefficient (Wildman–Crippen LogP) is 18.4. The summed E-state index contributed by atoms with van der Waals surface area (Å²) in [7, 11) is 0. The molecule has 11 heteroatoms. The maximum atomic E-state index is 13.3. The molecule has 1 aliphatic rings. The SMILES string of the molecule is CCCCCCCCCCCCCCCCCCCC/C=C/CC/C=C/CCCC(O)C(O)C(COC1OC(CO)C(O)C(O)C1O)NC(=O)C(O)CCCCCCCCCCCCCCCCCCCCCCCCCCCCCCCCC. The van der Waals surface area contributed by atoms with E-state index in [1.165, 1.54) is 289 Å². The van der Waals surface area contributed by atoms with Crippen LogP contribution >= 0.6 is 0 Å². The smallest absolute Gasteiger partial charge is 0.249 e. The molecule has 11 nitrogen and oxygen atoms in total. The summed E-state index contributed by atoms with van der Waals surface area (Å²) in [5.41, 5.74) is 0. The second-order valence-corrected chi connectivity index (χ2v) is 26.4. The molecule has 9 atom stereocenters. The Morgan fingerprint density at radius 3 is 1.05 bits per heavy atom. The highest BCUT2D eigenvalue weighted by atomic mass is 16.7. The Kier molecular flexibility index (Phi) is 60.3. The minimum absolute atomic E-state index is 0.249. The molecule has 0 bridgehead atoms. The lowest BCUT2D eigenvalue weighted by atomic mass is 9.98. The second-order valence-electron chi connectivity index (χ2n) is 26.4. The Balaban J connectivity index is 2.19. The van der Waals surface area contributed by atoms with Crippen LogP contribution in [0.2, 0.25) is 0 Å². The molecule has 85 heavy (non-hydrogen) atoms. The lowest BCUT2D eigenvalue weighted by Crippen LogP contribution is -2.60. The van der Waals surface area contributed by atoms with E-state index in [9.17, 15) is 40.5 Å². The number of aliphatic hydroxyl groups excluding tert-OH is 7. The molecule has 0 radical (unpaired) electrons. The van der Waals surface area contributed by atoms with Crippen LogP contribution in [0.5, 0.6) is 0 Å². The highest BCUT2D eigenvalue weighted by molar-refractivity contribution is 5.80. The highest BCUT2D eigenvalue weighted by Crippen LogP contribution is 2.24. The van der Waals surface area contributed by atoms with Gasteiger partial charge in [-0.25, -0.2) is 0 Å². The van der Waals surface area contributed by atoms with Crippen LogP contribution in [0.25, 0.3) is 0 Å². The molecule has 1 rings (SSSR count). The van der Waals surface area contributed by atoms with E-state index >= 15 is 0 Å². The predicted molar refractivity (Wildman–Crippen MR) is 358 cm³/mol. The number of hydrogen-bond acceptors (Lipinski definition) is 10. The summed E-state index contributed by atoms with van der Waals surface area (Å²) >= 11 is 0. The third kappa shape index (κ3) is 50.0. The molecular formula is C74H143NO10. The zero-order chi connectivity index (χ0) is 61.7. The van der Waals surface area contributed by atoms with Crippen LogP contribution in [0, 0.1) is 0 Å². The summed E-state index contributed by atoms with van der Waals surface area (Å²) in [6.45, 7) is 3.50. The molecule has 0 saturated carbocycles. The summed E-state index contributed by atoms with van der Waals surface area (Å²) in [5, 5.41) is 76.6. The summed E-state index contributed by atoms with van der Waals surface area (Å²) in [5.74, 6) is -0.702. The molecule has 9 unspecified atom stereocenters. The fraction of sp³-hybridized carbons (Fsp3) is 0.932. The van der Waals surface area contributed by atoms with E-state index in [1.807, 2.05) is 0 Å². The number of aliphatic hydroxyl groups is 7. The van der Waals surface area contributed by atoms with E-state index in [4.69, 9.17) is 9.47 Å². The molecule has 8 N–H and O–H groups in total. The first-order valence-corrected chi connectivity index (χ1v) is 37.2. The Labute approximate surface area is 524 Å². The van der Waals surface area contributed by atoms with Crippen molar-refractivity contribution < 1.29 is 50.0 Å². The van der Waals surface area contributed by atoms with Crippen molar-refractivity contribution in [3.05, 3.63) is 24.3 Å². The molecule has 0 aromatic carbocycles. The molecular weight excluding hydrogens is 1060 g/mol. The maximum absolute atomic E-state index is 13.3. The number of allylic oxidation sites excluding steroid dienone is 4. The van der Waals surface area contributed by atoms with Gasteiger partial charge in [-0.05, 0) is 51.4 Å². The zero-order valence-corrected chi connectivity index (χ0v) is 55.9. The van der Waals surface area contributed by atoms with Gasteiger partial charge in [-0.2, -0.15) is 0 Å². The quantitative estimate of drug-likeness (QED) is 0.0215. The number of nitrogens with one attached hydrogen (secondary N) is 1. The van der Waals surface area contributed by atoms with Crippen LogP contribution in [0.3, 0.4) is 0 Å². The lowest BCUT2D eigenvalue weighted by molar-refractivity contribution is -0.303. The molecule has 0 aromatic heterocycles. The fourth-order valence-electron chi connectivity index (χ4n) is 12.3. The topological polar surface area (TPSA) is 189 Å². The normalized spacial score (nSPS) is 18.9. The van der Waals surface area contributed by atoms with Crippen molar-refractivity contribution in [2.75, 3.05) is 13.2 Å². The average molecular weight is 1210 g/mol. The van der Waals surface area contributed by atoms with Gasteiger partial charge in [0.15, 0.2) is 6.29 Å². The first-order chi connectivity index (χ1) is 41.7. The first kappa shape index (κ1) is 81.6. The average Bonchev–Trinajstić information content (AvgIpc) is 3.71. The molecule has 0 spiro atoms. The Hall–Kier alpha value is -1.41. The Bertz CT molecular complexity index is 1430. The number of carbonyl (C=O) groups excluding carboxylic acids is 1. The van der Waals surface area contributed by atoms with E-state index in [2.05, 4.69) is 43.5 Å². The van der Waals surface area contributed by atoms with Crippen LogP contribution in [0.4, 0.5) is 0 Å². The van der Waals surface area contributed by atoms with Gasteiger partial charge in [0.1, 0.15) is 36.6 Å². The number of hydrogen-bond donors (Lipinski definition) is 8. The van der Waals surface area contributed by atoms with Crippen molar-refractivity contribution in [2.45, 2.75) is 428 Å². The van der Waals surface area contributed by atoms with E-state index in [1.54, 1.807) is 0 Å². The number of unbranched alkanes of at least 4 members (excludes halogenated alkanes) is 50. The van der Waals surface area contributed by atoms with Crippen molar-refractivity contribution in [2.24, 2.45) is 0 Å². The van der Waals surface area contributed by atoms with Crippen molar-refractivity contribution in [1.82, 2.24) is 5.32 Å². The molecule has 1 heterocycles. The molecule has 504 valence electrons. The van der Waals surface area contributed by atoms with Gasteiger partial charge in [0.25, 0.3) is 0 Å². The summed E-state index contributed by atoms with van der Waals surface area (Å²) in [6, 6.07) is -1.19. The molecule has 0 aliphatic carbocycles. The van der Waals surface area contributed by atoms with Gasteiger partial charge >= 0.3 is 0 Å². The summed E-state index contributed by atoms with van der Waals surface area (Å²) < 4.78 is 11.2. The van der Waals surface area contributed by atoms with Gasteiger partial charge in [0.05, 0.1) is 25.4 Å². The zero-order valence-electron chi connectivity index (χ0n) is 55.9. The van der Waals surface area contributed by atoms with Gasteiger partial charge in [-0.3, -0.25) is 4.79 Å². The fourth-order valence-corrected chi connectivity index (χ4v) is 12.3. The van der Waals surface area contributed by atoms with Crippen LogP contribution in [0.15, 0.2) is 24.3 Å². The Morgan fingerprint density at radius 2 is 0.706 bits per heavy atom. The van der Waals surface area contributed by atoms with Gasteiger partial charge in [0, 0.05) is 0 Å². The van der Waals surface area contributed by atoms with E-state index in [0.29, 0.717) is 19.3 Å². The van der Waals surface area contributed by atoms with E-state index in [0.717, 1.165) is 38.5 Å². The number of rotatable bonds is 66. The van der Waals surface area contributed by atoms with E-state index < -0.39 is 74.2 Å². The van der Waals surface area contributed by atoms with Crippen molar-refractivity contribution in [1.29, 1.82) is 0 Å². The number of carbonyl (C=O) groups is 1. The number of amides is 1. The lowest BCUT2D eigenvalue weighted by Gasteiger charge is -2.40. The molecule has 0 aromatic rings. The highest BCUT2D eigenvalue weighted by Gasteiger charge is 2.44. The summed E-state index contributed by atoms with van der Waals surface area (Å²) in [4.78, 5) is 13.3. The van der Waals surface area contributed by atoms with Gasteiger partial charge in [-0.15, -0.1) is 0 Å². The van der Waals surface area contributed by atoms with Gasteiger partial charge in [0.2, 0.25) is 5.91 Å². The van der Waals surface area contributed by atoms with Crippen LogP contribution in [-0.4, -0.2) is 110 Å². The van der Waals surface area contributed by atoms with E-state index in [-0.39, 0.29) is 12.8 Å².